The number of rotatable bonds is 3. The lowest BCUT2D eigenvalue weighted by Crippen LogP contribution is -2.16. The standard InChI is InChI=1S/C18H14FNO2/c1-22-17-8-5-13(6-9-17)14-7-10-18(21)20(12-14)16-4-2-3-15(19)11-16/h2-12H,1H3. The number of hydrogen-bond donors (Lipinski definition) is 0. The fourth-order valence-electron chi connectivity index (χ4n) is 2.27. The van der Waals surface area contributed by atoms with Crippen molar-refractivity contribution >= 4 is 0 Å². The number of aromatic nitrogens is 1. The van der Waals surface area contributed by atoms with Crippen LogP contribution in [0.3, 0.4) is 0 Å². The highest BCUT2D eigenvalue weighted by molar-refractivity contribution is 5.63. The first kappa shape index (κ1) is 14.1. The summed E-state index contributed by atoms with van der Waals surface area (Å²) in [6, 6.07) is 16.7. The van der Waals surface area contributed by atoms with Gasteiger partial charge in [0, 0.05) is 12.3 Å². The molecule has 1 heterocycles. The molecule has 0 fully saturated rings. The molecule has 0 aliphatic rings. The first-order valence-electron chi connectivity index (χ1n) is 6.80. The molecule has 0 spiro atoms. The monoisotopic (exact) mass is 295 g/mol. The maximum atomic E-state index is 13.4. The molecule has 0 aliphatic heterocycles. The molecule has 3 rings (SSSR count). The van der Waals surface area contributed by atoms with Crippen molar-refractivity contribution in [2.75, 3.05) is 7.11 Å². The second kappa shape index (κ2) is 5.85. The Labute approximate surface area is 127 Å². The Morgan fingerprint density at radius 1 is 0.955 bits per heavy atom. The number of ether oxygens (including phenoxy) is 1. The summed E-state index contributed by atoms with van der Waals surface area (Å²) in [7, 11) is 1.61. The minimum Gasteiger partial charge on any atom is -0.497 e. The third kappa shape index (κ3) is 2.76. The highest BCUT2D eigenvalue weighted by Gasteiger charge is 2.05. The highest BCUT2D eigenvalue weighted by atomic mass is 19.1. The van der Waals surface area contributed by atoms with Crippen LogP contribution in [-0.4, -0.2) is 11.7 Å². The maximum Gasteiger partial charge on any atom is 0.255 e. The number of benzene rings is 2. The first-order valence-corrected chi connectivity index (χ1v) is 6.80. The molecule has 0 unspecified atom stereocenters. The highest BCUT2D eigenvalue weighted by Crippen LogP contribution is 2.22. The van der Waals surface area contributed by atoms with Gasteiger partial charge in [-0.3, -0.25) is 9.36 Å². The van der Waals surface area contributed by atoms with Crippen LogP contribution >= 0.6 is 0 Å². The average Bonchev–Trinajstić information content (AvgIpc) is 2.55. The van der Waals surface area contributed by atoms with E-state index in [-0.39, 0.29) is 11.4 Å². The van der Waals surface area contributed by atoms with Crippen LogP contribution in [-0.2, 0) is 0 Å². The molecule has 0 aliphatic carbocycles. The van der Waals surface area contributed by atoms with E-state index in [0.29, 0.717) is 5.69 Å². The van der Waals surface area contributed by atoms with E-state index in [1.807, 2.05) is 24.3 Å². The molecule has 0 N–H and O–H groups in total. The van der Waals surface area contributed by atoms with Crippen LogP contribution in [0.2, 0.25) is 0 Å². The summed E-state index contributed by atoms with van der Waals surface area (Å²) in [6.07, 6.45) is 1.71. The van der Waals surface area contributed by atoms with E-state index in [2.05, 4.69) is 0 Å². The van der Waals surface area contributed by atoms with Crippen LogP contribution in [0.1, 0.15) is 0 Å². The van der Waals surface area contributed by atoms with Crippen molar-refractivity contribution in [1.82, 2.24) is 4.57 Å². The number of methoxy groups -OCH3 is 1. The zero-order valence-electron chi connectivity index (χ0n) is 12.0. The Balaban J connectivity index is 2.07. The summed E-state index contributed by atoms with van der Waals surface area (Å²) in [6.45, 7) is 0. The van der Waals surface area contributed by atoms with E-state index >= 15 is 0 Å². The van der Waals surface area contributed by atoms with Crippen LogP contribution in [0.15, 0.2) is 71.7 Å². The summed E-state index contributed by atoms with van der Waals surface area (Å²) < 4.78 is 19.9. The van der Waals surface area contributed by atoms with Gasteiger partial charge >= 0.3 is 0 Å². The molecule has 0 radical (unpaired) electrons. The molecular weight excluding hydrogens is 281 g/mol. The van der Waals surface area contributed by atoms with E-state index in [4.69, 9.17) is 4.74 Å². The number of nitrogens with zero attached hydrogens (tertiary/aromatic N) is 1. The van der Waals surface area contributed by atoms with Crippen molar-refractivity contribution in [3.8, 4) is 22.6 Å². The molecule has 0 saturated carbocycles. The molecule has 3 nitrogen and oxygen atoms in total. The molecule has 4 heteroatoms. The topological polar surface area (TPSA) is 31.2 Å². The van der Waals surface area contributed by atoms with Crippen molar-refractivity contribution in [2.24, 2.45) is 0 Å². The molecule has 22 heavy (non-hydrogen) atoms. The minimum atomic E-state index is -0.376. The second-order valence-electron chi connectivity index (χ2n) is 4.83. The summed E-state index contributed by atoms with van der Waals surface area (Å²) >= 11 is 0. The predicted octanol–water partition coefficient (Wildman–Crippen LogP) is 3.65. The third-order valence-corrected chi connectivity index (χ3v) is 3.42. The van der Waals surface area contributed by atoms with Crippen molar-refractivity contribution in [1.29, 1.82) is 0 Å². The van der Waals surface area contributed by atoms with Gasteiger partial charge in [0.15, 0.2) is 0 Å². The van der Waals surface area contributed by atoms with Gasteiger partial charge in [0.2, 0.25) is 0 Å². The van der Waals surface area contributed by atoms with Gasteiger partial charge in [-0.15, -0.1) is 0 Å². The molecule has 0 bridgehead atoms. The van der Waals surface area contributed by atoms with Crippen LogP contribution in [0.25, 0.3) is 16.8 Å². The molecule has 0 saturated heterocycles. The Hall–Kier alpha value is -2.88. The van der Waals surface area contributed by atoms with E-state index in [9.17, 15) is 9.18 Å². The minimum absolute atomic E-state index is 0.206. The van der Waals surface area contributed by atoms with Crippen molar-refractivity contribution in [2.45, 2.75) is 0 Å². The van der Waals surface area contributed by atoms with E-state index in [1.54, 1.807) is 31.5 Å². The first-order chi connectivity index (χ1) is 10.7. The van der Waals surface area contributed by atoms with Gasteiger partial charge in [-0.25, -0.2) is 4.39 Å². The van der Waals surface area contributed by atoms with Crippen molar-refractivity contribution in [3.63, 3.8) is 0 Å². The molecule has 0 atom stereocenters. The van der Waals surface area contributed by atoms with Gasteiger partial charge in [-0.1, -0.05) is 18.2 Å². The lowest BCUT2D eigenvalue weighted by Gasteiger charge is -2.09. The quantitative estimate of drug-likeness (QED) is 0.738. The van der Waals surface area contributed by atoms with Gasteiger partial charge in [-0.2, -0.15) is 0 Å². The average molecular weight is 295 g/mol. The van der Waals surface area contributed by atoms with Crippen LogP contribution in [0.5, 0.6) is 5.75 Å². The van der Waals surface area contributed by atoms with E-state index < -0.39 is 0 Å². The lowest BCUT2D eigenvalue weighted by atomic mass is 10.1. The van der Waals surface area contributed by atoms with Crippen LogP contribution < -0.4 is 10.3 Å². The Morgan fingerprint density at radius 2 is 1.68 bits per heavy atom. The van der Waals surface area contributed by atoms with Crippen LogP contribution in [0, 0.1) is 5.82 Å². The molecular formula is C18H14FNO2. The van der Waals surface area contributed by atoms with Crippen molar-refractivity contribution in [3.05, 3.63) is 83.0 Å². The Kier molecular flexibility index (Phi) is 3.74. The maximum absolute atomic E-state index is 13.4. The SMILES string of the molecule is COc1ccc(-c2ccc(=O)n(-c3cccc(F)c3)c2)cc1. The van der Waals surface area contributed by atoms with Gasteiger partial charge in [-0.05, 0) is 47.5 Å². The zero-order chi connectivity index (χ0) is 15.5. The smallest absolute Gasteiger partial charge is 0.255 e. The fraction of sp³-hybridized carbons (Fsp3) is 0.0556. The Bertz CT molecular complexity index is 853. The molecule has 2 aromatic carbocycles. The zero-order valence-corrected chi connectivity index (χ0v) is 12.0. The number of pyridine rings is 1. The van der Waals surface area contributed by atoms with E-state index in [1.165, 1.54) is 22.8 Å². The van der Waals surface area contributed by atoms with E-state index in [0.717, 1.165) is 16.9 Å². The summed E-state index contributed by atoms with van der Waals surface area (Å²) in [5.74, 6) is 0.390. The third-order valence-electron chi connectivity index (χ3n) is 3.42. The molecule has 0 amide bonds. The molecule has 1 aromatic heterocycles. The van der Waals surface area contributed by atoms with Gasteiger partial charge in [0.25, 0.3) is 5.56 Å². The normalized spacial score (nSPS) is 10.5. The van der Waals surface area contributed by atoms with Gasteiger partial charge < -0.3 is 4.74 Å². The second-order valence-corrected chi connectivity index (χ2v) is 4.83. The predicted molar refractivity (Wildman–Crippen MR) is 84.0 cm³/mol. The summed E-state index contributed by atoms with van der Waals surface area (Å²) in [5.41, 5.74) is 2.11. The Morgan fingerprint density at radius 3 is 2.36 bits per heavy atom. The van der Waals surface area contributed by atoms with Gasteiger partial charge in [0.1, 0.15) is 11.6 Å². The largest absolute Gasteiger partial charge is 0.497 e. The van der Waals surface area contributed by atoms with Crippen LogP contribution in [0.4, 0.5) is 4.39 Å². The lowest BCUT2D eigenvalue weighted by molar-refractivity contribution is 0.415. The fourth-order valence-corrected chi connectivity index (χ4v) is 2.27. The summed E-state index contributed by atoms with van der Waals surface area (Å²) in [5, 5.41) is 0. The molecule has 110 valence electrons. The number of hydrogen-bond acceptors (Lipinski definition) is 2. The number of halogens is 1. The van der Waals surface area contributed by atoms with Gasteiger partial charge in [0.05, 0.1) is 12.8 Å². The van der Waals surface area contributed by atoms with Crippen molar-refractivity contribution < 1.29 is 9.13 Å². The summed E-state index contributed by atoms with van der Waals surface area (Å²) in [4.78, 5) is 12.0. The molecule has 3 aromatic rings.